The van der Waals surface area contributed by atoms with Crippen LogP contribution in [0, 0.1) is 24.0 Å². The molecule has 1 aliphatic rings. The molecule has 1 aliphatic heterocycles. The molecule has 22 heavy (non-hydrogen) atoms. The third-order valence-corrected chi connectivity index (χ3v) is 4.04. The molecule has 120 valence electrons. The van der Waals surface area contributed by atoms with Crippen molar-refractivity contribution in [3.05, 3.63) is 32.4 Å². The Hall–Kier alpha value is -2.11. The van der Waals surface area contributed by atoms with Crippen molar-refractivity contribution in [3.63, 3.8) is 0 Å². The maximum Gasteiger partial charge on any atom is 0.308 e. The van der Waals surface area contributed by atoms with Crippen LogP contribution in [0.25, 0.3) is 0 Å². The smallest absolute Gasteiger partial charge is 0.308 e. The Balaban J connectivity index is 2.68. The van der Waals surface area contributed by atoms with Gasteiger partial charge in [0.1, 0.15) is 17.1 Å². The molecule has 0 saturated heterocycles. The minimum Gasteiger partial charge on any atom is -0.487 e. The highest BCUT2D eigenvalue weighted by Gasteiger charge is 2.33. The molecule has 0 saturated carbocycles. The lowest BCUT2D eigenvalue weighted by Crippen LogP contribution is -2.34. The summed E-state index contributed by atoms with van der Waals surface area (Å²) in [6.45, 7) is 8.59. The Bertz CT molecular complexity index is 649. The number of nitrogens with zero attached hydrogens (tertiary/aromatic N) is 1. The molecule has 0 bridgehead atoms. The average molecular weight is 307 g/mol. The molecule has 0 atom stereocenters. The molecule has 0 aliphatic carbocycles. The number of hydrogen-bond acceptors (Lipinski definition) is 5. The van der Waals surface area contributed by atoms with Crippen LogP contribution in [0.3, 0.4) is 0 Å². The molecule has 6 nitrogen and oxygen atoms in total. The molecule has 0 unspecified atom stereocenters. The lowest BCUT2D eigenvalue weighted by atomic mass is 9.87. The molecule has 2 rings (SSSR count). The van der Waals surface area contributed by atoms with Gasteiger partial charge in [-0.1, -0.05) is 0 Å². The second kappa shape index (κ2) is 5.59. The van der Waals surface area contributed by atoms with Crippen LogP contribution in [-0.2, 0) is 17.8 Å². The Kier molecular flexibility index (Phi) is 4.13. The monoisotopic (exact) mass is 307 g/mol. The van der Waals surface area contributed by atoms with E-state index in [0.29, 0.717) is 29.0 Å². The first kappa shape index (κ1) is 16.3. The predicted octanol–water partition coefficient (Wildman–Crippen LogP) is 3.11. The van der Waals surface area contributed by atoms with Gasteiger partial charge in [0.15, 0.2) is 0 Å². The lowest BCUT2D eigenvalue weighted by molar-refractivity contribution is -0.497. The molecule has 0 spiro atoms. The molecule has 0 fully saturated rings. The number of nitro groups is 1. The Morgan fingerprint density at radius 1 is 1.36 bits per heavy atom. The van der Waals surface area contributed by atoms with Gasteiger partial charge in [0, 0.05) is 17.4 Å². The standard InChI is InChI=1S/C16H21NO5/c1-9-10(2)15-12(6-7-16(4,5)22-15)13(8-17(19)20)14(9)21-11(3)18/h6-8H2,1-5H3. The summed E-state index contributed by atoms with van der Waals surface area (Å²) in [6.07, 6.45) is 1.42. The average Bonchev–Trinajstić information content (AvgIpc) is 2.38. The second-order valence-electron chi connectivity index (χ2n) is 6.31. The first-order valence-corrected chi connectivity index (χ1v) is 7.26. The molecule has 6 heteroatoms. The van der Waals surface area contributed by atoms with E-state index in [-0.39, 0.29) is 12.1 Å². The number of carbonyl (C=O) groups excluding carboxylic acids is 1. The number of ether oxygens (including phenoxy) is 2. The van der Waals surface area contributed by atoms with Gasteiger partial charge in [-0.05, 0) is 51.7 Å². The van der Waals surface area contributed by atoms with Crippen LogP contribution in [0.1, 0.15) is 49.4 Å². The van der Waals surface area contributed by atoms with Crippen LogP contribution in [0.4, 0.5) is 0 Å². The maximum absolute atomic E-state index is 11.4. The maximum atomic E-state index is 11.4. The van der Waals surface area contributed by atoms with Crippen LogP contribution in [0.2, 0.25) is 0 Å². The van der Waals surface area contributed by atoms with Gasteiger partial charge in [-0.25, -0.2) is 0 Å². The van der Waals surface area contributed by atoms with Crippen molar-refractivity contribution in [2.75, 3.05) is 0 Å². The number of esters is 1. The second-order valence-corrected chi connectivity index (χ2v) is 6.31. The van der Waals surface area contributed by atoms with Crippen molar-refractivity contribution in [3.8, 4) is 11.5 Å². The normalized spacial score (nSPS) is 15.7. The van der Waals surface area contributed by atoms with Gasteiger partial charge in [0.25, 0.3) is 0 Å². The molecule has 1 aromatic carbocycles. The number of fused-ring (bicyclic) bond motifs is 1. The third-order valence-electron chi connectivity index (χ3n) is 4.04. The van der Waals surface area contributed by atoms with E-state index in [1.807, 2.05) is 20.8 Å². The minimum atomic E-state index is -0.482. The van der Waals surface area contributed by atoms with Crippen molar-refractivity contribution < 1.29 is 19.2 Å². The fraction of sp³-hybridized carbons (Fsp3) is 0.562. The van der Waals surface area contributed by atoms with Crippen molar-refractivity contribution in [2.45, 2.75) is 59.6 Å². The summed E-state index contributed by atoms with van der Waals surface area (Å²) in [6, 6.07) is 0. The quantitative estimate of drug-likeness (QED) is 0.371. The summed E-state index contributed by atoms with van der Waals surface area (Å²) in [4.78, 5) is 22.0. The van der Waals surface area contributed by atoms with Gasteiger partial charge >= 0.3 is 5.97 Å². The van der Waals surface area contributed by atoms with Crippen molar-refractivity contribution in [2.24, 2.45) is 0 Å². The first-order valence-electron chi connectivity index (χ1n) is 7.26. The Labute approximate surface area is 129 Å². The third kappa shape index (κ3) is 3.05. The van der Waals surface area contributed by atoms with Gasteiger partial charge < -0.3 is 9.47 Å². The van der Waals surface area contributed by atoms with Crippen molar-refractivity contribution in [1.82, 2.24) is 0 Å². The van der Waals surface area contributed by atoms with Crippen LogP contribution in [-0.4, -0.2) is 16.5 Å². The SMILES string of the molecule is CC(=O)Oc1c(C)c(C)c2c(c1C[N+](=O)[O-])CCC(C)(C)O2. The van der Waals surface area contributed by atoms with E-state index in [1.54, 1.807) is 6.92 Å². The fourth-order valence-electron chi connectivity index (χ4n) is 2.80. The zero-order chi connectivity index (χ0) is 16.7. The van der Waals surface area contributed by atoms with Crippen molar-refractivity contribution >= 4 is 5.97 Å². The van der Waals surface area contributed by atoms with E-state index >= 15 is 0 Å². The number of rotatable bonds is 3. The number of carbonyl (C=O) groups is 1. The van der Waals surface area contributed by atoms with Crippen LogP contribution in [0.15, 0.2) is 0 Å². The highest BCUT2D eigenvalue weighted by Crippen LogP contribution is 2.44. The van der Waals surface area contributed by atoms with Crippen LogP contribution in [0.5, 0.6) is 11.5 Å². The van der Waals surface area contributed by atoms with Crippen LogP contribution < -0.4 is 9.47 Å². The highest BCUT2D eigenvalue weighted by atomic mass is 16.6. The molecular weight excluding hydrogens is 286 g/mol. The van der Waals surface area contributed by atoms with Gasteiger partial charge in [-0.3, -0.25) is 14.9 Å². The fourth-order valence-corrected chi connectivity index (χ4v) is 2.80. The Morgan fingerprint density at radius 2 is 2.00 bits per heavy atom. The largest absolute Gasteiger partial charge is 0.487 e. The number of hydrogen-bond donors (Lipinski definition) is 0. The molecule has 1 heterocycles. The molecule has 0 amide bonds. The van der Waals surface area contributed by atoms with E-state index < -0.39 is 10.9 Å². The summed E-state index contributed by atoms with van der Waals surface area (Å²) in [5.74, 6) is 0.523. The topological polar surface area (TPSA) is 78.7 Å². The zero-order valence-corrected chi connectivity index (χ0v) is 13.6. The summed E-state index contributed by atoms with van der Waals surface area (Å²) in [5, 5.41) is 11.0. The number of benzene rings is 1. The van der Waals surface area contributed by atoms with E-state index in [1.165, 1.54) is 6.92 Å². The van der Waals surface area contributed by atoms with E-state index in [9.17, 15) is 14.9 Å². The molecule has 0 radical (unpaired) electrons. The van der Waals surface area contributed by atoms with E-state index in [0.717, 1.165) is 17.5 Å². The van der Waals surface area contributed by atoms with Gasteiger partial charge in [-0.15, -0.1) is 0 Å². The van der Waals surface area contributed by atoms with Gasteiger partial charge in [0.2, 0.25) is 6.54 Å². The lowest BCUT2D eigenvalue weighted by Gasteiger charge is -2.35. The van der Waals surface area contributed by atoms with Crippen molar-refractivity contribution in [1.29, 1.82) is 0 Å². The molecular formula is C16H21NO5. The molecule has 1 aromatic rings. The van der Waals surface area contributed by atoms with Gasteiger partial charge in [0.05, 0.1) is 5.56 Å². The minimum absolute atomic E-state index is 0.307. The molecule has 0 N–H and O–H groups in total. The zero-order valence-electron chi connectivity index (χ0n) is 13.6. The summed E-state index contributed by atoms with van der Waals surface area (Å²) < 4.78 is 11.3. The Morgan fingerprint density at radius 3 is 2.55 bits per heavy atom. The predicted molar refractivity (Wildman–Crippen MR) is 81.0 cm³/mol. The molecule has 0 aromatic heterocycles. The van der Waals surface area contributed by atoms with E-state index in [4.69, 9.17) is 9.47 Å². The van der Waals surface area contributed by atoms with E-state index in [2.05, 4.69) is 0 Å². The first-order chi connectivity index (χ1) is 10.1. The highest BCUT2D eigenvalue weighted by molar-refractivity contribution is 5.72. The summed E-state index contributed by atoms with van der Waals surface area (Å²) in [5.41, 5.74) is 2.51. The van der Waals surface area contributed by atoms with Gasteiger partial charge in [-0.2, -0.15) is 0 Å². The van der Waals surface area contributed by atoms with Crippen LogP contribution >= 0.6 is 0 Å². The summed E-state index contributed by atoms with van der Waals surface area (Å²) in [7, 11) is 0. The summed E-state index contributed by atoms with van der Waals surface area (Å²) >= 11 is 0.